The number of halogens is 2. The van der Waals surface area contributed by atoms with Gasteiger partial charge in [0.05, 0.1) is 5.56 Å². The highest BCUT2D eigenvalue weighted by atomic mass is 32.1. The zero-order valence-corrected chi connectivity index (χ0v) is 9.65. The van der Waals surface area contributed by atoms with E-state index in [2.05, 4.69) is 10.3 Å². The summed E-state index contributed by atoms with van der Waals surface area (Å²) in [6.45, 7) is 1.84. The van der Waals surface area contributed by atoms with Crippen LogP contribution in [0.1, 0.15) is 15.2 Å². The number of aromatic nitrogens is 1. The molecule has 1 aromatic heterocycles. The van der Waals surface area contributed by atoms with Crippen molar-refractivity contribution in [3.8, 4) is 0 Å². The highest BCUT2D eigenvalue weighted by Gasteiger charge is 2.13. The fourth-order valence-corrected chi connectivity index (χ4v) is 1.91. The van der Waals surface area contributed by atoms with Crippen molar-refractivity contribution in [3.63, 3.8) is 0 Å². The second-order valence-electron chi connectivity index (χ2n) is 3.35. The van der Waals surface area contributed by atoms with Crippen LogP contribution in [-0.4, -0.2) is 10.9 Å². The Kier molecular flexibility index (Phi) is 3.14. The van der Waals surface area contributed by atoms with Gasteiger partial charge < -0.3 is 0 Å². The van der Waals surface area contributed by atoms with E-state index >= 15 is 0 Å². The molecule has 0 saturated carbocycles. The lowest BCUT2D eigenvalue weighted by Gasteiger charge is -2.02. The number of carbonyl (C=O) groups is 1. The molecule has 0 radical (unpaired) electrons. The zero-order chi connectivity index (χ0) is 12.4. The maximum absolute atomic E-state index is 13.3. The van der Waals surface area contributed by atoms with E-state index in [9.17, 15) is 13.6 Å². The van der Waals surface area contributed by atoms with E-state index < -0.39 is 17.5 Å². The second kappa shape index (κ2) is 4.58. The molecule has 17 heavy (non-hydrogen) atoms. The fraction of sp³-hybridized carbons (Fsp3) is 0.0909. The van der Waals surface area contributed by atoms with Crippen molar-refractivity contribution in [2.75, 3.05) is 5.32 Å². The van der Waals surface area contributed by atoms with Crippen LogP contribution in [0.5, 0.6) is 0 Å². The topological polar surface area (TPSA) is 42.0 Å². The van der Waals surface area contributed by atoms with Crippen LogP contribution in [0.2, 0.25) is 0 Å². The predicted octanol–water partition coefficient (Wildman–Crippen LogP) is 2.98. The van der Waals surface area contributed by atoms with Crippen LogP contribution in [0, 0.1) is 18.6 Å². The summed E-state index contributed by atoms with van der Waals surface area (Å²) in [6, 6.07) is 2.80. The maximum Gasteiger partial charge on any atom is 0.260 e. The van der Waals surface area contributed by atoms with Crippen LogP contribution in [-0.2, 0) is 0 Å². The van der Waals surface area contributed by atoms with Gasteiger partial charge in [0.1, 0.15) is 11.6 Å². The minimum Gasteiger partial charge on any atom is -0.298 e. The zero-order valence-electron chi connectivity index (χ0n) is 8.83. The maximum atomic E-state index is 13.3. The Morgan fingerprint density at radius 1 is 1.41 bits per heavy atom. The first kappa shape index (κ1) is 11.7. The van der Waals surface area contributed by atoms with Crippen molar-refractivity contribution < 1.29 is 13.6 Å². The van der Waals surface area contributed by atoms with Crippen molar-refractivity contribution in [2.45, 2.75) is 6.92 Å². The van der Waals surface area contributed by atoms with Crippen molar-refractivity contribution in [1.29, 1.82) is 0 Å². The Hall–Kier alpha value is -1.82. The van der Waals surface area contributed by atoms with E-state index in [0.717, 1.165) is 17.0 Å². The standard InChI is InChI=1S/C11H8F2N2OS/c1-6-5-14-11(17-6)15-10(16)8-3-2-7(12)4-9(8)13/h2-5H,1H3,(H,14,15,16). The fourth-order valence-electron chi connectivity index (χ4n) is 1.25. The predicted molar refractivity (Wildman–Crippen MR) is 61.2 cm³/mol. The highest BCUT2D eigenvalue weighted by molar-refractivity contribution is 7.15. The van der Waals surface area contributed by atoms with Gasteiger partial charge in [-0.3, -0.25) is 10.1 Å². The average Bonchev–Trinajstić information content (AvgIpc) is 2.63. The van der Waals surface area contributed by atoms with Crippen LogP contribution in [0.3, 0.4) is 0 Å². The lowest BCUT2D eigenvalue weighted by molar-refractivity contribution is 0.102. The van der Waals surface area contributed by atoms with Gasteiger partial charge in [0.25, 0.3) is 5.91 Å². The smallest absolute Gasteiger partial charge is 0.260 e. The molecule has 0 fully saturated rings. The number of aryl methyl sites for hydroxylation is 1. The lowest BCUT2D eigenvalue weighted by atomic mass is 10.2. The molecule has 0 saturated heterocycles. The molecule has 2 aromatic rings. The number of amides is 1. The van der Waals surface area contributed by atoms with Gasteiger partial charge in [0, 0.05) is 17.1 Å². The lowest BCUT2D eigenvalue weighted by Crippen LogP contribution is -2.13. The summed E-state index contributed by atoms with van der Waals surface area (Å²) in [5.74, 6) is -2.25. The largest absolute Gasteiger partial charge is 0.298 e. The first-order chi connectivity index (χ1) is 8.06. The molecule has 0 bridgehead atoms. The third-order valence-corrected chi connectivity index (χ3v) is 2.85. The Bertz CT molecular complexity index is 568. The van der Waals surface area contributed by atoms with E-state index in [0.29, 0.717) is 11.2 Å². The molecule has 1 heterocycles. The number of anilines is 1. The number of carbonyl (C=O) groups excluding carboxylic acids is 1. The van der Waals surface area contributed by atoms with E-state index in [-0.39, 0.29) is 5.56 Å². The number of benzene rings is 1. The van der Waals surface area contributed by atoms with E-state index in [1.165, 1.54) is 11.3 Å². The Balaban J connectivity index is 2.20. The van der Waals surface area contributed by atoms with Crippen LogP contribution < -0.4 is 5.32 Å². The molecular weight excluding hydrogens is 246 g/mol. The van der Waals surface area contributed by atoms with Crippen LogP contribution >= 0.6 is 11.3 Å². The summed E-state index contributed by atoms with van der Waals surface area (Å²) in [4.78, 5) is 16.5. The van der Waals surface area contributed by atoms with Gasteiger partial charge in [-0.1, -0.05) is 0 Å². The minimum absolute atomic E-state index is 0.209. The summed E-state index contributed by atoms with van der Waals surface area (Å²) >= 11 is 1.28. The molecule has 1 aromatic carbocycles. The Morgan fingerprint density at radius 2 is 2.18 bits per heavy atom. The summed E-state index contributed by atoms with van der Waals surface area (Å²) in [6.07, 6.45) is 1.60. The molecule has 0 atom stereocenters. The molecule has 0 unspecified atom stereocenters. The number of rotatable bonds is 2. The van der Waals surface area contributed by atoms with Crippen molar-refractivity contribution >= 4 is 22.4 Å². The number of nitrogens with zero attached hydrogens (tertiary/aromatic N) is 1. The number of hydrogen-bond donors (Lipinski definition) is 1. The van der Waals surface area contributed by atoms with Crippen molar-refractivity contribution in [1.82, 2.24) is 4.98 Å². The first-order valence-corrected chi connectivity index (χ1v) is 5.57. The van der Waals surface area contributed by atoms with Gasteiger partial charge in [0.2, 0.25) is 0 Å². The summed E-state index contributed by atoms with van der Waals surface area (Å²) < 4.78 is 26.0. The van der Waals surface area contributed by atoms with E-state index in [1.54, 1.807) is 6.20 Å². The van der Waals surface area contributed by atoms with Crippen LogP contribution in [0.25, 0.3) is 0 Å². The molecule has 0 spiro atoms. The molecule has 3 nitrogen and oxygen atoms in total. The van der Waals surface area contributed by atoms with Gasteiger partial charge in [-0.25, -0.2) is 13.8 Å². The second-order valence-corrected chi connectivity index (χ2v) is 4.59. The number of thiazole rings is 1. The summed E-state index contributed by atoms with van der Waals surface area (Å²) in [5.41, 5.74) is -0.209. The van der Waals surface area contributed by atoms with E-state index in [1.807, 2.05) is 6.92 Å². The monoisotopic (exact) mass is 254 g/mol. The molecule has 0 aliphatic heterocycles. The SMILES string of the molecule is Cc1cnc(NC(=O)c2ccc(F)cc2F)s1. The van der Waals surface area contributed by atoms with Gasteiger partial charge in [-0.15, -0.1) is 11.3 Å². The number of nitrogens with one attached hydrogen (secondary N) is 1. The Labute approximate surface area is 100 Å². The van der Waals surface area contributed by atoms with Crippen molar-refractivity contribution in [3.05, 3.63) is 46.5 Å². The molecule has 0 aliphatic carbocycles. The molecule has 6 heteroatoms. The van der Waals surface area contributed by atoms with E-state index in [4.69, 9.17) is 0 Å². The molecule has 2 rings (SSSR count). The average molecular weight is 254 g/mol. The number of hydrogen-bond acceptors (Lipinski definition) is 3. The quantitative estimate of drug-likeness (QED) is 0.895. The Morgan fingerprint density at radius 3 is 2.76 bits per heavy atom. The highest BCUT2D eigenvalue weighted by Crippen LogP contribution is 2.18. The van der Waals surface area contributed by atoms with Crippen LogP contribution in [0.15, 0.2) is 24.4 Å². The molecular formula is C11H8F2N2OS. The normalized spacial score (nSPS) is 10.3. The van der Waals surface area contributed by atoms with Crippen LogP contribution in [0.4, 0.5) is 13.9 Å². The minimum atomic E-state index is -0.893. The molecule has 88 valence electrons. The third kappa shape index (κ3) is 2.65. The summed E-state index contributed by atoms with van der Waals surface area (Å²) in [7, 11) is 0. The molecule has 1 amide bonds. The van der Waals surface area contributed by atoms with Gasteiger partial charge in [0.15, 0.2) is 5.13 Å². The summed E-state index contributed by atoms with van der Waals surface area (Å²) in [5, 5.41) is 2.83. The molecule has 0 aliphatic rings. The van der Waals surface area contributed by atoms with Gasteiger partial charge in [-0.2, -0.15) is 0 Å². The molecule has 1 N–H and O–H groups in total. The van der Waals surface area contributed by atoms with Gasteiger partial charge >= 0.3 is 0 Å². The van der Waals surface area contributed by atoms with Crippen molar-refractivity contribution in [2.24, 2.45) is 0 Å². The third-order valence-electron chi connectivity index (χ3n) is 2.02. The van der Waals surface area contributed by atoms with Gasteiger partial charge in [-0.05, 0) is 19.1 Å². The first-order valence-electron chi connectivity index (χ1n) is 4.75.